The maximum absolute atomic E-state index is 11.8. The number of rotatable bonds is 3. The van der Waals surface area contributed by atoms with Gasteiger partial charge in [-0.15, -0.1) is 0 Å². The van der Waals surface area contributed by atoms with Crippen LogP contribution < -0.4 is 5.43 Å². The summed E-state index contributed by atoms with van der Waals surface area (Å²) in [5, 5.41) is 13.0. The van der Waals surface area contributed by atoms with Crippen molar-refractivity contribution in [2.75, 3.05) is 0 Å². The zero-order chi connectivity index (χ0) is 13.8. The molecule has 0 spiro atoms. The fraction of sp³-hybridized carbons (Fsp3) is 0.143. The number of benzene rings is 1. The first-order valence-electron chi connectivity index (χ1n) is 5.76. The SMILES string of the molecule is Cc1cc(C(=O)NN=Cc2ccc(O)cc2)c(C)o1. The van der Waals surface area contributed by atoms with E-state index in [1.54, 1.807) is 44.2 Å². The maximum Gasteiger partial charge on any atom is 0.274 e. The van der Waals surface area contributed by atoms with E-state index in [9.17, 15) is 4.79 Å². The summed E-state index contributed by atoms with van der Waals surface area (Å²) in [5.74, 6) is 1.12. The van der Waals surface area contributed by atoms with E-state index in [0.717, 1.165) is 5.56 Å². The van der Waals surface area contributed by atoms with Crippen LogP contribution in [0.15, 0.2) is 39.9 Å². The number of carbonyl (C=O) groups is 1. The van der Waals surface area contributed by atoms with Crippen molar-refractivity contribution in [3.63, 3.8) is 0 Å². The Bertz CT molecular complexity index is 612. The van der Waals surface area contributed by atoms with E-state index in [2.05, 4.69) is 10.5 Å². The molecular formula is C14H14N2O3. The highest BCUT2D eigenvalue weighted by atomic mass is 16.3. The number of hydrazone groups is 1. The number of hydrogen-bond donors (Lipinski definition) is 2. The molecule has 0 saturated carbocycles. The predicted molar refractivity (Wildman–Crippen MR) is 71.3 cm³/mol. The molecule has 0 saturated heterocycles. The van der Waals surface area contributed by atoms with Gasteiger partial charge in [0, 0.05) is 0 Å². The Morgan fingerprint density at radius 1 is 1.32 bits per heavy atom. The molecular weight excluding hydrogens is 244 g/mol. The van der Waals surface area contributed by atoms with Crippen LogP contribution in [0.1, 0.15) is 27.4 Å². The van der Waals surface area contributed by atoms with E-state index in [4.69, 9.17) is 9.52 Å². The maximum atomic E-state index is 11.8. The number of carbonyl (C=O) groups excluding carboxylic acids is 1. The van der Waals surface area contributed by atoms with Gasteiger partial charge in [-0.05, 0) is 49.7 Å². The lowest BCUT2D eigenvalue weighted by molar-refractivity contribution is 0.0953. The van der Waals surface area contributed by atoms with Crippen LogP contribution in [-0.2, 0) is 0 Å². The average Bonchev–Trinajstić information content (AvgIpc) is 2.71. The highest BCUT2D eigenvalue weighted by molar-refractivity contribution is 5.95. The van der Waals surface area contributed by atoms with Crippen molar-refractivity contribution in [2.45, 2.75) is 13.8 Å². The molecule has 5 heteroatoms. The molecule has 19 heavy (non-hydrogen) atoms. The first-order valence-corrected chi connectivity index (χ1v) is 5.76. The molecule has 0 bridgehead atoms. The molecule has 1 aromatic carbocycles. The number of aromatic hydroxyl groups is 1. The molecule has 5 nitrogen and oxygen atoms in total. The minimum absolute atomic E-state index is 0.186. The fourth-order valence-corrected chi connectivity index (χ4v) is 1.64. The molecule has 98 valence electrons. The first kappa shape index (κ1) is 12.9. The summed E-state index contributed by atoms with van der Waals surface area (Å²) in [6.45, 7) is 3.51. The van der Waals surface area contributed by atoms with Crippen LogP contribution in [0.25, 0.3) is 0 Å². The lowest BCUT2D eigenvalue weighted by Crippen LogP contribution is -2.17. The van der Waals surface area contributed by atoms with Gasteiger partial charge in [0.25, 0.3) is 5.91 Å². The van der Waals surface area contributed by atoms with Crippen LogP contribution in [0.2, 0.25) is 0 Å². The zero-order valence-electron chi connectivity index (χ0n) is 10.7. The summed E-state index contributed by atoms with van der Waals surface area (Å²) >= 11 is 0. The van der Waals surface area contributed by atoms with Crippen LogP contribution in [0.3, 0.4) is 0 Å². The van der Waals surface area contributed by atoms with E-state index in [1.807, 2.05) is 0 Å². The predicted octanol–water partition coefficient (Wildman–Crippen LogP) is 2.37. The van der Waals surface area contributed by atoms with E-state index in [1.165, 1.54) is 6.21 Å². The van der Waals surface area contributed by atoms with Gasteiger partial charge in [-0.1, -0.05) is 0 Å². The first-order chi connectivity index (χ1) is 9.06. The van der Waals surface area contributed by atoms with Gasteiger partial charge in [0.2, 0.25) is 0 Å². The van der Waals surface area contributed by atoms with Gasteiger partial charge in [0.05, 0.1) is 11.8 Å². The van der Waals surface area contributed by atoms with Crippen molar-refractivity contribution >= 4 is 12.1 Å². The Balaban J connectivity index is 2.00. The van der Waals surface area contributed by atoms with E-state index in [-0.39, 0.29) is 11.7 Å². The summed E-state index contributed by atoms with van der Waals surface area (Å²) in [7, 11) is 0. The number of amides is 1. The molecule has 2 rings (SSSR count). The Hall–Kier alpha value is -2.56. The van der Waals surface area contributed by atoms with Crippen molar-refractivity contribution in [1.29, 1.82) is 0 Å². The summed E-state index contributed by atoms with van der Waals surface area (Å²) in [4.78, 5) is 11.8. The molecule has 0 unspecified atom stereocenters. The van der Waals surface area contributed by atoms with Crippen LogP contribution in [0.4, 0.5) is 0 Å². The van der Waals surface area contributed by atoms with Gasteiger partial charge in [0.1, 0.15) is 17.3 Å². The molecule has 0 radical (unpaired) electrons. The number of phenolic OH excluding ortho intramolecular Hbond substituents is 1. The smallest absolute Gasteiger partial charge is 0.274 e. The van der Waals surface area contributed by atoms with Gasteiger partial charge in [-0.3, -0.25) is 4.79 Å². The van der Waals surface area contributed by atoms with Crippen LogP contribution >= 0.6 is 0 Å². The van der Waals surface area contributed by atoms with Gasteiger partial charge in [-0.25, -0.2) is 5.43 Å². The second-order valence-corrected chi connectivity index (χ2v) is 4.12. The van der Waals surface area contributed by atoms with Gasteiger partial charge in [-0.2, -0.15) is 5.10 Å². The van der Waals surface area contributed by atoms with Gasteiger partial charge in [0.15, 0.2) is 0 Å². The number of hydrogen-bond acceptors (Lipinski definition) is 4. The van der Waals surface area contributed by atoms with E-state index in [0.29, 0.717) is 17.1 Å². The number of furan rings is 1. The number of aryl methyl sites for hydroxylation is 2. The monoisotopic (exact) mass is 258 g/mol. The third-order valence-corrected chi connectivity index (χ3v) is 2.56. The number of nitrogens with zero attached hydrogens (tertiary/aromatic N) is 1. The third kappa shape index (κ3) is 3.22. The topological polar surface area (TPSA) is 74.8 Å². The van der Waals surface area contributed by atoms with E-state index >= 15 is 0 Å². The molecule has 2 aromatic rings. The van der Waals surface area contributed by atoms with Crippen LogP contribution in [-0.4, -0.2) is 17.2 Å². The largest absolute Gasteiger partial charge is 0.508 e. The van der Waals surface area contributed by atoms with Gasteiger partial charge >= 0.3 is 0 Å². The minimum atomic E-state index is -0.315. The molecule has 0 aliphatic carbocycles. The van der Waals surface area contributed by atoms with Crippen molar-refractivity contribution in [2.24, 2.45) is 5.10 Å². The lowest BCUT2D eigenvalue weighted by Gasteiger charge is -1.97. The number of phenols is 1. The number of nitrogens with one attached hydrogen (secondary N) is 1. The summed E-state index contributed by atoms with van der Waals surface area (Å²) in [6, 6.07) is 8.15. The van der Waals surface area contributed by atoms with Crippen LogP contribution in [0.5, 0.6) is 5.75 Å². The average molecular weight is 258 g/mol. The fourth-order valence-electron chi connectivity index (χ4n) is 1.64. The standard InChI is InChI=1S/C14H14N2O3/c1-9-7-13(10(2)19-9)14(18)16-15-8-11-3-5-12(17)6-4-11/h3-8,17H,1-2H3,(H,16,18). The molecule has 0 aliphatic heterocycles. The quantitative estimate of drug-likeness (QED) is 0.655. The highest BCUT2D eigenvalue weighted by Crippen LogP contribution is 2.13. The van der Waals surface area contributed by atoms with E-state index < -0.39 is 0 Å². The zero-order valence-corrected chi connectivity index (χ0v) is 10.7. The normalized spacial score (nSPS) is 10.8. The van der Waals surface area contributed by atoms with Crippen LogP contribution in [0, 0.1) is 13.8 Å². The van der Waals surface area contributed by atoms with Crippen molar-refractivity contribution in [3.8, 4) is 5.75 Å². The Morgan fingerprint density at radius 2 is 2.00 bits per heavy atom. The highest BCUT2D eigenvalue weighted by Gasteiger charge is 2.12. The summed E-state index contributed by atoms with van der Waals surface area (Å²) in [6.07, 6.45) is 1.50. The molecule has 1 amide bonds. The molecule has 1 aromatic heterocycles. The molecule has 1 heterocycles. The van der Waals surface area contributed by atoms with Crippen molar-refractivity contribution < 1.29 is 14.3 Å². The Labute approximate surface area is 110 Å². The Morgan fingerprint density at radius 3 is 2.58 bits per heavy atom. The molecule has 0 aliphatic rings. The lowest BCUT2D eigenvalue weighted by atomic mass is 10.2. The van der Waals surface area contributed by atoms with Crippen molar-refractivity contribution in [3.05, 3.63) is 53.0 Å². The molecule has 0 fully saturated rings. The molecule has 0 atom stereocenters. The minimum Gasteiger partial charge on any atom is -0.508 e. The molecule has 2 N–H and O–H groups in total. The summed E-state index contributed by atoms with van der Waals surface area (Å²) < 4.78 is 5.27. The second-order valence-electron chi connectivity index (χ2n) is 4.12. The summed E-state index contributed by atoms with van der Waals surface area (Å²) in [5.41, 5.74) is 3.67. The van der Waals surface area contributed by atoms with Crippen molar-refractivity contribution in [1.82, 2.24) is 5.43 Å². The van der Waals surface area contributed by atoms with Gasteiger partial charge < -0.3 is 9.52 Å². The second kappa shape index (κ2) is 5.39. The third-order valence-electron chi connectivity index (χ3n) is 2.56. The Kier molecular flexibility index (Phi) is 3.66.